The zero-order valence-corrected chi connectivity index (χ0v) is 11.6. The minimum Gasteiger partial charge on any atom is -0.149 e. The van der Waals surface area contributed by atoms with E-state index in [4.69, 9.17) is 11.6 Å². The quantitative estimate of drug-likeness (QED) is 0.646. The maximum absolute atomic E-state index is 6.02. The molecule has 2 aromatic carbocycles. The summed E-state index contributed by atoms with van der Waals surface area (Å²) in [5.74, 6) is 0. The van der Waals surface area contributed by atoms with Crippen molar-refractivity contribution >= 4 is 22.4 Å². The molecule has 0 aliphatic carbocycles. The third kappa shape index (κ3) is 1.98. The van der Waals surface area contributed by atoms with Gasteiger partial charge in [0.2, 0.25) is 0 Å². The van der Waals surface area contributed by atoms with Gasteiger partial charge < -0.3 is 0 Å². The number of nitrogens with zero attached hydrogens (tertiary/aromatic N) is 2. The SMILES string of the molecule is Cc1c(Cl)nnc(-c2cccc3ccccc23)c1C. The molecule has 2 nitrogen and oxygen atoms in total. The minimum absolute atomic E-state index is 0.474. The summed E-state index contributed by atoms with van der Waals surface area (Å²) in [7, 11) is 0. The molecule has 19 heavy (non-hydrogen) atoms. The molecule has 0 fully saturated rings. The summed E-state index contributed by atoms with van der Waals surface area (Å²) in [6.45, 7) is 4.01. The number of benzene rings is 2. The van der Waals surface area contributed by atoms with Crippen molar-refractivity contribution in [3.8, 4) is 11.3 Å². The van der Waals surface area contributed by atoms with Gasteiger partial charge in [-0.05, 0) is 35.7 Å². The normalized spacial score (nSPS) is 10.9. The summed E-state index contributed by atoms with van der Waals surface area (Å²) in [5, 5.41) is 11.2. The molecule has 94 valence electrons. The van der Waals surface area contributed by atoms with Crippen LogP contribution in [0, 0.1) is 13.8 Å². The maximum atomic E-state index is 6.02. The molecule has 0 radical (unpaired) electrons. The molecular weight excluding hydrogens is 256 g/mol. The zero-order valence-electron chi connectivity index (χ0n) is 10.8. The molecule has 0 amide bonds. The summed E-state index contributed by atoms with van der Waals surface area (Å²) < 4.78 is 0. The predicted molar refractivity (Wildman–Crippen MR) is 79.5 cm³/mol. The first kappa shape index (κ1) is 12.1. The first-order chi connectivity index (χ1) is 9.18. The van der Waals surface area contributed by atoms with Crippen molar-refractivity contribution in [1.29, 1.82) is 0 Å². The lowest BCUT2D eigenvalue weighted by molar-refractivity contribution is 1.00. The number of hydrogen-bond donors (Lipinski definition) is 0. The van der Waals surface area contributed by atoms with Gasteiger partial charge in [-0.1, -0.05) is 54.1 Å². The fourth-order valence-corrected chi connectivity index (χ4v) is 2.44. The molecule has 0 saturated carbocycles. The molecule has 0 aliphatic rings. The van der Waals surface area contributed by atoms with Gasteiger partial charge >= 0.3 is 0 Å². The third-order valence-electron chi connectivity index (χ3n) is 3.51. The van der Waals surface area contributed by atoms with Crippen LogP contribution in [-0.2, 0) is 0 Å². The first-order valence-corrected chi connectivity index (χ1v) is 6.54. The lowest BCUT2D eigenvalue weighted by Crippen LogP contribution is -1.97. The van der Waals surface area contributed by atoms with Crippen molar-refractivity contribution in [3.63, 3.8) is 0 Å². The minimum atomic E-state index is 0.474. The number of rotatable bonds is 1. The summed E-state index contributed by atoms with van der Waals surface area (Å²) >= 11 is 6.02. The van der Waals surface area contributed by atoms with E-state index in [1.165, 1.54) is 10.8 Å². The summed E-state index contributed by atoms with van der Waals surface area (Å²) in [6, 6.07) is 14.5. The second-order valence-corrected chi connectivity index (χ2v) is 4.97. The van der Waals surface area contributed by atoms with Crippen molar-refractivity contribution in [1.82, 2.24) is 10.2 Å². The Balaban J connectivity index is 2.34. The van der Waals surface area contributed by atoms with Crippen LogP contribution in [0.15, 0.2) is 42.5 Å². The highest BCUT2D eigenvalue weighted by molar-refractivity contribution is 6.30. The summed E-state index contributed by atoms with van der Waals surface area (Å²) in [4.78, 5) is 0. The number of halogens is 1. The number of hydrogen-bond acceptors (Lipinski definition) is 2. The van der Waals surface area contributed by atoms with Crippen molar-refractivity contribution in [2.75, 3.05) is 0 Å². The van der Waals surface area contributed by atoms with Crippen molar-refractivity contribution < 1.29 is 0 Å². The third-order valence-corrected chi connectivity index (χ3v) is 3.87. The fourth-order valence-electron chi connectivity index (χ4n) is 2.26. The van der Waals surface area contributed by atoms with E-state index in [9.17, 15) is 0 Å². The zero-order chi connectivity index (χ0) is 13.4. The Hall–Kier alpha value is -1.93. The monoisotopic (exact) mass is 268 g/mol. The molecule has 0 aliphatic heterocycles. The van der Waals surface area contributed by atoms with Crippen molar-refractivity contribution in [2.24, 2.45) is 0 Å². The van der Waals surface area contributed by atoms with Gasteiger partial charge in [-0.3, -0.25) is 0 Å². The van der Waals surface area contributed by atoms with Crippen LogP contribution in [0.25, 0.3) is 22.0 Å². The number of aromatic nitrogens is 2. The number of fused-ring (bicyclic) bond motifs is 1. The van der Waals surface area contributed by atoms with Gasteiger partial charge in [-0.2, -0.15) is 0 Å². The van der Waals surface area contributed by atoms with Crippen LogP contribution >= 0.6 is 11.6 Å². The Kier molecular flexibility index (Phi) is 2.96. The highest BCUT2D eigenvalue weighted by atomic mass is 35.5. The molecule has 3 aromatic rings. The van der Waals surface area contributed by atoms with E-state index in [0.29, 0.717) is 5.15 Å². The van der Waals surface area contributed by atoms with Crippen LogP contribution in [-0.4, -0.2) is 10.2 Å². The molecule has 3 rings (SSSR count). The fraction of sp³-hybridized carbons (Fsp3) is 0.125. The smallest absolute Gasteiger partial charge is 0.149 e. The Morgan fingerprint density at radius 2 is 1.58 bits per heavy atom. The average molecular weight is 269 g/mol. The second kappa shape index (κ2) is 4.63. The van der Waals surface area contributed by atoms with Crippen LogP contribution < -0.4 is 0 Å². The van der Waals surface area contributed by atoms with Gasteiger partial charge in [0, 0.05) is 5.56 Å². The lowest BCUT2D eigenvalue weighted by Gasteiger charge is -2.10. The Morgan fingerprint density at radius 3 is 2.42 bits per heavy atom. The van der Waals surface area contributed by atoms with Gasteiger partial charge in [-0.15, -0.1) is 10.2 Å². The molecule has 1 aromatic heterocycles. The molecule has 0 saturated heterocycles. The van der Waals surface area contributed by atoms with Crippen LogP contribution in [0.1, 0.15) is 11.1 Å². The van der Waals surface area contributed by atoms with Gasteiger partial charge in [-0.25, -0.2) is 0 Å². The van der Waals surface area contributed by atoms with Gasteiger partial charge in [0.1, 0.15) is 0 Å². The molecule has 0 spiro atoms. The molecule has 3 heteroatoms. The molecule has 0 atom stereocenters. The van der Waals surface area contributed by atoms with E-state index >= 15 is 0 Å². The largest absolute Gasteiger partial charge is 0.154 e. The molecule has 0 bridgehead atoms. The highest BCUT2D eigenvalue weighted by Crippen LogP contribution is 2.31. The van der Waals surface area contributed by atoms with Crippen molar-refractivity contribution in [3.05, 3.63) is 58.7 Å². The standard InChI is InChI=1S/C16H13ClN2/c1-10-11(2)16(17)19-18-15(10)14-9-5-7-12-6-3-4-8-13(12)14/h3-9H,1-2H3. The van der Waals surface area contributed by atoms with E-state index in [-0.39, 0.29) is 0 Å². The summed E-state index contributed by atoms with van der Waals surface area (Å²) in [6.07, 6.45) is 0. The van der Waals surface area contributed by atoms with Crippen LogP contribution in [0.3, 0.4) is 0 Å². The molecular formula is C16H13ClN2. The van der Waals surface area contributed by atoms with Gasteiger partial charge in [0.15, 0.2) is 5.15 Å². The van der Waals surface area contributed by atoms with E-state index in [2.05, 4.69) is 34.5 Å². The van der Waals surface area contributed by atoms with E-state index < -0.39 is 0 Å². The predicted octanol–water partition coefficient (Wildman–Crippen LogP) is 4.57. The molecule has 1 heterocycles. The van der Waals surface area contributed by atoms with E-state index in [1.807, 2.05) is 32.0 Å². The summed E-state index contributed by atoms with van der Waals surface area (Å²) in [5.41, 5.74) is 4.07. The maximum Gasteiger partial charge on any atom is 0.154 e. The Bertz CT molecular complexity index is 761. The van der Waals surface area contributed by atoms with Crippen LogP contribution in [0.4, 0.5) is 0 Å². The first-order valence-electron chi connectivity index (χ1n) is 6.16. The van der Waals surface area contributed by atoms with Gasteiger partial charge in [0.05, 0.1) is 5.69 Å². The highest BCUT2D eigenvalue weighted by Gasteiger charge is 2.12. The Labute approximate surface area is 117 Å². The Morgan fingerprint density at radius 1 is 0.842 bits per heavy atom. The lowest BCUT2D eigenvalue weighted by atomic mass is 9.98. The molecule has 0 unspecified atom stereocenters. The van der Waals surface area contributed by atoms with E-state index in [0.717, 1.165) is 22.4 Å². The second-order valence-electron chi connectivity index (χ2n) is 4.62. The van der Waals surface area contributed by atoms with Gasteiger partial charge in [0.25, 0.3) is 0 Å². The average Bonchev–Trinajstić information content (AvgIpc) is 2.45. The van der Waals surface area contributed by atoms with E-state index in [1.54, 1.807) is 0 Å². The van der Waals surface area contributed by atoms with Crippen molar-refractivity contribution in [2.45, 2.75) is 13.8 Å². The topological polar surface area (TPSA) is 25.8 Å². The molecule has 0 N–H and O–H groups in total. The van der Waals surface area contributed by atoms with Crippen LogP contribution in [0.2, 0.25) is 5.15 Å². The van der Waals surface area contributed by atoms with Crippen LogP contribution in [0.5, 0.6) is 0 Å².